The molecule has 1 fully saturated rings. The number of benzene rings is 1. The first-order valence-electron chi connectivity index (χ1n) is 6.91. The first kappa shape index (κ1) is 12.3. The highest BCUT2D eigenvalue weighted by atomic mass is 35.5. The largest absolute Gasteiger partial charge is 0.489 e. The second-order valence-electron chi connectivity index (χ2n) is 5.61. The van der Waals surface area contributed by atoms with Gasteiger partial charge < -0.3 is 10.1 Å². The van der Waals surface area contributed by atoms with Gasteiger partial charge in [-0.3, -0.25) is 0 Å². The molecule has 0 radical (unpaired) electrons. The molecule has 0 aromatic heterocycles. The average Bonchev–Trinajstić information content (AvgIpc) is 2.72. The summed E-state index contributed by atoms with van der Waals surface area (Å²) in [5.74, 6) is 1.67. The van der Waals surface area contributed by atoms with Crippen molar-refractivity contribution in [3.8, 4) is 5.75 Å². The predicted octanol–water partition coefficient (Wildman–Crippen LogP) is 3.21. The maximum absolute atomic E-state index is 6.32. The third kappa shape index (κ3) is 2.50. The van der Waals surface area contributed by atoms with Crippen molar-refractivity contribution in [2.75, 3.05) is 13.1 Å². The van der Waals surface area contributed by atoms with Crippen LogP contribution in [0.15, 0.2) is 12.1 Å². The fourth-order valence-electron chi connectivity index (χ4n) is 3.10. The van der Waals surface area contributed by atoms with Crippen molar-refractivity contribution in [1.29, 1.82) is 0 Å². The van der Waals surface area contributed by atoms with E-state index in [-0.39, 0.29) is 6.10 Å². The number of nitrogens with one attached hydrogen (secondary N) is 1. The van der Waals surface area contributed by atoms with E-state index in [0.29, 0.717) is 0 Å². The number of hydrogen-bond donors (Lipinski definition) is 1. The van der Waals surface area contributed by atoms with Gasteiger partial charge in [0.05, 0.1) is 5.02 Å². The smallest absolute Gasteiger partial charge is 0.141 e. The number of ether oxygens (including phenoxy) is 1. The summed E-state index contributed by atoms with van der Waals surface area (Å²) in [6, 6.07) is 4.38. The lowest BCUT2D eigenvalue weighted by molar-refractivity contribution is 0.255. The fourth-order valence-corrected chi connectivity index (χ4v) is 3.40. The highest BCUT2D eigenvalue weighted by Gasteiger charge is 2.23. The summed E-state index contributed by atoms with van der Waals surface area (Å²) in [4.78, 5) is 0. The second-order valence-corrected chi connectivity index (χ2v) is 6.02. The zero-order valence-electron chi connectivity index (χ0n) is 10.8. The van der Waals surface area contributed by atoms with Crippen molar-refractivity contribution in [2.24, 2.45) is 5.92 Å². The summed E-state index contributed by atoms with van der Waals surface area (Å²) in [6.45, 7) is 4.41. The van der Waals surface area contributed by atoms with Gasteiger partial charge in [-0.25, -0.2) is 0 Å². The Hall–Kier alpha value is -0.730. The van der Waals surface area contributed by atoms with Crippen LogP contribution in [-0.2, 0) is 12.8 Å². The summed E-state index contributed by atoms with van der Waals surface area (Å²) in [6.07, 6.45) is 5.02. The molecule has 18 heavy (non-hydrogen) atoms. The number of piperidine rings is 1. The molecule has 2 heterocycles. The van der Waals surface area contributed by atoms with Crippen molar-refractivity contribution in [1.82, 2.24) is 5.32 Å². The molecule has 2 nitrogen and oxygen atoms in total. The van der Waals surface area contributed by atoms with Crippen LogP contribution in [0.3, 0.4) is 0 Å². The van der Waals surface area contributed by atoms with Crippen LogP contribution in [0.5, 0.6) is 5.75 Å². The van der Waals surface area contributed by atoms with Gasteiger partial charge in [0.1, 0.15) is 11.9 Å². The molecule has 2 atom stereocenters. The van der Waals surface area contributed by atoms with Crippen molar-refractivity contribution < 1.29 is 4.74 Å². The first-order chi connectivity index (χ1) is 8.72. The van der Waals surface area contributed by atoms with E-state index >= 15 is 0 Å². The topological polar surface area (TPSA) is 21.3 Å². The third-order valence-corrected chi connectivity index (χ3v) is 4.21. The molecule has 3 heteroatoms. The van der Waals surface area contributed by atoms with Crippen LogP contribution in [0.2, 0.25) is 5.02 Å². The molecule has 2 aliphatic rings. The molecular formula is C15H20ClNO. The van der Waals surface area contributed by atoms with Gasteiger partial charge in [0.25, 0.3) is 0 Å². The predicted molar refractivity (Wildman–Crippen MR) is 74.5 cm³/mol. The van der Waals surface area contributed by atoms with E-state index in [4.69, 9.17) is 16.3 Å². The Kier molecular flexibility index (Phi) is 3.49. The molecule has 1 aromatic carbocycles. The number of fused-ring (bicyclic) bond motifs is 1. The Balaban J connectivity index is 1.77. The quantitative estimate of drug-likeness (QED) is 0.887. The lowest BCUT2D eigenvalue weighted by atomic mass is 9.91. The van der Waals surface area contributed by atoms with Gasteiger partial charge in [0.15, 0.2) is 0 Å². The Morgan fingerprint density at radius 1 is 1.44 bits per heavy atom. The molecular weight excluding hydrogens is 246 g/mol. The van der Waals surface area contributed by atoms with Crippen molar-refractivity contribution in [3.05, 3.63) is 28.3 Å². The van der Waals surface area contributed by atoms with Crippen LogP contribution in [-0.4, -0.2) is 19.2 Å². The lowest BCUT2D eigenvalue weighted by Gasteiger charge is -2.23. The van der Waals surface area contributed by atoms with E-state index in [9.17, 15) is 0 Å². The van der Waals surface area contributed by atoms with Gasteiger partial charge in [-0.1, -0.05) is 17.7 Å². The normalized spacial score (nSPS) is 26.8. The van der Waals surface area contributed by atoms with E-state index in [0.717, 1.165) is 36.1 Å². The van der Waals surface area contributed by atoms with Crippen molar-refractivity contribution in [2.45, 2.75) is 38.7 Å². The Morgan fingerprint density at radius 2 is 2.33 bits per heavy atom. The van der Waals surface area contributed by atoms with Gasteiger partial charge >= 0.3 is 0 Å². The zero-order chi connectivity index (χ0) is 12.5. The summed E-state index contributed by atoms with van der Waals surface area (Å²) in [5, 5.41) is 4.26. The van der Waals surface area contributed by atoms with Crippen molar-refractivity contribution >= 4 is 11.6 Å². The fraction of sp³-hybridized carbons (Fsp3) is 0.600. The standard InChI is InChI=1S/C15H20ClNO/c1-10-5-13-7-12(8-14(16)15(13)18-10)6-11-3-2-4-17-9-11/h7-8,10-11,17H,2-6,9H2,1H3. The van der Waals surface area contributed by atoms with Crippen LogP contribution >= 0.6 is 11.6 Å². The molecule has 0 amide bonds. The number of rotatable bonds is 2. The van der Waals surface area contributed by atoms with E-state index in [1.807, 2.05) is 0 Å². The SMILES string of the molecule is CC1Cc2cc(CC3CCCNC3)cc(Cl)c2O1. The Bertz CT molecular complexity index is 440. The molecule has 1 aromatic rings. The maximum Gasteiger partial charge on any atom is 0.141 e. The van der Waals surface area contributed by atoms with Gasteiger partial charge in [-0.15, -0.1) is 0 Å². The molecule has 1 saturated heterocycles. The highest BCUT2D eigenvalue weighted by Crippen LogP contribution is 2.37. The molecule has 0 saturated carbocycles. The molecule has 2 aliphatic heterocycles. The summed E-state index contributed by atoms with van der Waals surface area (Å²) in [7, 11) is 0. The summed E-state index contributed by atoms with van der Waals surface area (Å²) < 4.78 is 5.74. The van der Waals surface area contributed by atoms with E-state index in [2.05, 4.69) is 24.4 Å². The Morgan fingerprint density at radius 3 is 3.11 bits per heavy atom. The average molecular weight is 266 g/mol. The van der Waals surface area contributed by atoms with Crippen LogP contribution in [0.25, 0.3) is 0 Å². The van der Waals surface area contributed by atoms with E-state index in [1.54, 1.807) is 0 Å². The lowest BCUT2D eigenvalue weighted by Crippen LogP contribution is -2.30. The number of halogens is 1. The van der Waals surface area contributed by atoms with Crippen LogP contribution in [0.4, 0.5) is 0 Å². The molecule has 0 aliphatic carbocycles. The zero-order valence-corrected chi connectivity index (χ0v) is 11.6. The highest BCUT2D eigenvalue weighted by molar-refractivity contribution is 6.32. The summed E-state index contributed by atoms with van der Waals surface area (Å²) >= 11 is 6.32. The maximum atomic E-state index is 6.32. The van der Waals surface area contributed by atoms with Gasteiger partial charge in [-0.05, 0) is 62.4 Å². The minimum atomic E-state index is 0.268. The van der Waals surface area contributed by atoms with E-state index in [1.165, 1.54) is 30.5 Å². The first-order valence-corrected chi connectivity index (χ1v) is 7.29. The molecule has 3 rings (SSSR count). The monoisotopic (exact) mass is 265 g/mol. The van der Waals surface area contributed by atoms with Crippen LogP contribution in [0, 0.1) is 5.92 Å². The Labute approximate surface area is 114 Å². The molecule has 0 spiro atoms. The summed E-state index contributed by atoms with van der Waals surface area (Å²) in [5.41, 5.74) is 2.65. The third-order valence-electron chi connectivity index (χ3n) is 3.93. The molecule has 98 valence electrons. The van der Waals surface area contributed by atoms with Gasteiger partial charge in [0, 0.05) is 6.42 Å². The second kappa shape index (κ2) is 5.10. The minimum absolute atomic E-state index is 0.268. The number of hydrogen-bond acceptors (Lipinski definition) is 2. The minimum Gasteiger partial charge on any atom is -0.489 e. The molecule has 1 N–H and O–H groups in total. The van der Waals surface area contributed by atoms with Crippen LogP contribution in [0.1, 0.15) is 30.9 Å². The van der Waals surface area contributed by atoms with Crippen molar-refractivity contribution in [3.63, 3.8) is 0 Å². The van der Waals surface area contributed by atoms with E-state index < -0.39 is 0 Å². The van der Waals surface area contributed by atoms with Crippen LogP contribution < -0.4 is 10.1 Å². The van der Waals surface area contributed by atoms with Gasteiger partial charge in [0.2, 0.25) is 0 Å². The molecule has 0 bridgehead atoms. The molecule has 2 unspecified atom stereocenters. The van der Waals surface area contributed by atoms with Gasteiger partial charge in [-0.2, -0.15) is 0 Å².